The van der Waals surface area contributed by atoms with E-state index in [1.165, 1.54) is 24.8 Å². The predicted octanol–water partition coefficient (Wildman–Crippen LogP) is 3.86. The van der Waals surface area contributed by atoms with Crippen LogP contribution in [-0.4, -0.2) is 12.3 Å². The molecular formula is C18H26N2O. The number of benzene rings is 1. The molecule has 1 unspecified atom stereocenters. The van der Waals surface area contributed by atoms with E-state index in [0.717, 1.165) is 24.3 Å². The third kappa shape index (κ3) is 4.73. The quantitative estimate of drug-likeness (QED) is 0.454. The van der Waals surface area contributed by atoms with Crippen molar-refractivity contribution in [1.82, 2.24) is 0 Å². The maximum Gasteiger partial charge on any atom is 0.139 e. The van der Waals surface area contributed by atoms with Gasteiger partial charge in [-0.15, -0.1) is 0 Å². The van der Waals surface area contributed by atoms with Gasteiger partial charge in [0.25, 0.3) is 0 Å². The van der Waals surface area contributed by atoms with E-state index in [0.29, 0.717) is 6.42 Å². The van der Waals surface area contributed by atoms with Gasteiger partial charge in [-0.05, 0) is 35.8 Å². The molecule has 0 spiro atoms. The fourth-order valence-corrected chi connectivity index (χ4v) is 2.42. The molecule has 114 valence electrons. The van der Waals surface area contributed by atoms with E-state index in [9.17, 15) is 0 Å². The molecule has 4 N–H and O–H groups in total. The van der Waals surface area contributed by atoms with E-state index >= 15 is 0 Å². The Bertz CT molecular complexity index is 504. The summed E-state index contributed by atoms with van der Waals surface area (Å²) in [6.45, 7) is 2.94. The first-order chi connectivity index (χ1) is 10.1. The minimum atomic E-state index is -0.649. The van der Waals surface area contributed by atoms with Gasteiger partial charge in [0.1, 0.15) is 5.72 Å². The van der Waals surface area contributed by atoms with Crippen molar-refractivity contribution in [2.24, 2.45) is 5.73 Å². The third-order valence-electron chi connectivity index (χ3n) is 3.80. The van der Waals surface area contributed by atoms with Crippen LogP contribution in [0, 0.1) is 0 Å². The highest BCUT2D eigenvalue weighted by Gasteiger charge is 2.23. The van der Waals surface area contributed by atoms with Crippen LogP contribution < -0.4 is 11.5 Å². The van der Waals surface area contributed by atoms with Crippen molar-refractivity contribution in [3.8, 4) is 0 Å². The van der Waals surface area contributed by atoms with Gasteiger partial charge in [0, 0.05) is 18.7 Å². The zero-order valence-electron chi connectivity index (χ0n) is 12.8. The van der Waals surface area contributed by atoms with Crippen LogP contribution in [0.4, 0.5) is 5.69 Å². The first-order valence-electron chi connectivity index (χ1n) is 7.81. The molecule has 3 heteroatoms. The van der Waals surface area contributed by atoms with Crippen LogP contribution in [0.15, 0.2) is 42.5 Å². The molecule has 1 aromatic rings. The highest BCUT2D eigenvalue weighted by atomic mass is 16.5. The Kier molecular flexibility index (Phi) is 5.59. The van der Waals surface area contributed by atoms with E-state index in [4.69, 9.17) is 16.2 Å². The Morgan fingerprint density at radius 3 is 2.52 bits per heavy atom. The summed E-state index contributed by atoms with van der Waals surface area (Å²) in [7, 11) is 0. The number of allylic oxidation sites excluding steroid dienone is 2. The average Bonchev–Trinajstić information content (AvgIpc) is 2.49. The summed E-state index contributed by atoms with van der Waals surface area (Å²) in [5.74, 6) is 0. The van der Waals surface area contributed by atoms with Crippen molar-refractivity contribution >= 4 is 11.3 Å². The summed E-state index contributed by atoms with van der Waals surface area (Å²) >= 11 is 0. The number of nitrogen functional groups attached to an aromatic ring is 1. The monoisotopic (exact) mass is 286 g/mol. The number of hydrogen-bond donors (Lipinski definition) is 2. The van der Waals surface area contributed by atoms with Crippen molar-refractivity contribution in [2.75, 3.05) is 12.3 Å². The lowest BCUT2D eigenvalue weighted by Crippen LogP contribution is -2.41. The maximum absolute atomic E-state index is 6.26. The van der Waals surface area contributed by atoms with E-state index in [2.05, 4.69) is 13.0 Å². The molecule has 0 radical (unpaired) electrons. The molecule has 1 aromatic carbocycles. The van der Waals surface area contributed by atoms with E-state index < -0.39 is 5.72 Å². The predicted molar refractivity (Wildman–Crippen MR) is 89.6 cm³/mol. The van der Waals surface area contributed by atoms with Gasteiger partial charge in [-0.25, -0.2) is 0 Å². The van der Waals surface area contributed by atoms with Crippen molar-refractivity contribution < 1.29 is 4.74 Å². The second-order valence-electron chi connectivity index (χ2n) is 5.68. The van der Waals surface area contributed by atoms with Gasteiger partial charge in [-0.1, -0.05) is 50.5 Å². The summed E-state index contributed by atoms with van der Waals surface area (Å²) in [4.78, 5) is 0. The minimum Gasteiger partial charge on any atom is -0.399 e. The van der Waals surface area contributed by atoms with Gasteiger partial charge in [-0.2, -0.15) is 0 Å². The van der Waals surface area contributed by atoms with Crippen LogP contribution >= 0.6 is 0 Å². The maximum atomic E-state index is 6.26. The van der Waals surface area contributed by atoms with Gasteiger partial charge in [0.2, 0.25) is 0 Å². The third-order valence-corrected chi connectivity index (χ3v) is 3.80. The average molecular weight is 286 g/mol. The Morgan fingerprint density at radius 1 is 1.14 bits per heavy atom. The Labute approximate surface area is 127 Å². The fourth-order valence-electron chi connectivity index (χ4n) is 2.42. The smallest absolute Gasteiger partial charge is 0.139 e. The van der Waals surface area contributed by atoms with E-state index in [1.54, 1.807) is 0 Å². The molecular weight excluding hydrogens is 260 g/mol. The summed E-state index contributed by atoms with van der Waals surface area (Å²) in [5, 5.41) is 0. The SMILES string of the molecule is CCCCCCOC1(N)C=CC(c2ccc(N)cc2)=CC1. The molecule has 2 rings (SSSR count). The summed E-state index contributed by atoms with van der Waals surface area (Å²) in [6, 6.07) is 7.89. The van der Waals surface area contributed by atoms with Crippen LogP contribution in [0.3, 0.4) is 0 Å². The molecule has 0 amide bonds. The van der Waals surface area contributed by atoms with Crippen molar-refractivity contribution in [3.63, 3.8) is 0 Å². The molecule has 0 saturated heterocycles. The molecule has 0 fully saturated rings. The molecule has 1 atom stereocenters. The Hall–Kier alpha value is -1.58. The molecule has 0 saturated carbocycles. The topological polar surface area (TPSA) is 61.3 Å². The lowest BCUT2D eigenvalue weighted by Gasteiger charge is -2.28. The van der Waals surface area contributed by atoms with Crippen molar-refractivity contribution in [1.29, 1.82) is 0 Å². The molecule has 0 aromatic heterocycles. The summed E-state index contributed by atoms with van der Waals surface area (Å²) in [5.41, 5.74) is 14.4. The van der Waals surface area contributed by atoms with Gasteiger partial charge in [0.05, 0.1) is 0 Å². The highest BCUT2D eigenvalue weighted by molar-refractivity contribution is 5.76. The van der Waals surface area contributed by atoms with Crippen molar-refractivity contribution in [3.05, 3.63) is 48.1 Å². The zero-order valence-corrected chi connectivity index (χ0v) is 12.8. The molecule has 1 aliphatic carbocycles. The first-order valence-corrected chi connectivity index (χ1v) is 7.81. The summed E-state index contributed by atoms with van der Waals surface area (Å²) in [6.07, 6.45) is 11.6. The molecule has 1 aliphatic rings. The number of nitrogens with two attached hydrogens (primary N) is 2. The van der Waals surface area contributed by atoms with Crippen LogP contribution in [-0.2, 0) is 4.74 Å². The van der Waals surface area contributed by atoms with Crippen LogP contribution in [0.1, 0.15) is 44.6 Å². The van der Waals surface area contributed by atoms with Crippen molar-refractivity contribution in [2.45, 2.75) is 44.8 Å². The molecule has 0 bridgehead atoms. The van der Waals surface area contributed by atoms with Gasteiger partial charge in [-0.3, -0.25) is 5.73 Å². The lowest BCUT2D eigenvalue weighted by molar-refractivity contribution is -0.00416. The Balaban J connectivity index is 1.86. The molecule has 0 heterocycles. The first kappa shape index (κ1) is 15.8. The van der Waals surface area contributed by atoms with Crippen LogP contribution in [0.5, 0.6) is 0 Å². The summed E-state index contributed by atoms with van der Waals surface area (Å²) < 4.78 is 5.85. The van der Waals surface area contributed by atoms with Gasteiger partial charge >= 0.3 is 0 Å². The molecule has 21 heavy (non-hydrogen) atoms. The van der Waals surface area contributed by atoms with E-state index in [-0.39, 0.29) is 0 Å². The van der Waals surface area contributed by atoms with Gasteiger partial charge < -0.3 is 10.5 Å². The molecule has 0 aliphatic heterocycles. The number of unbranched alkanes of at least 4 members (excludes halogenated alkanes) is 3. The van der Waals surface area contributed by atoms with Crippen LogP contribution in [0.2, 0.25) is 0 Å². The van der Waals surface area contributed by atoms with Crippen LogP contribution in [0.25, 0.3) is 5.57 Å². The minimum absolute atomic E-state index is 0.649. The highest BCUT2D eigenvalue weighted by Crippen LogP contribution is 2.27. The number of anilines is 1. The Morgan fingerprint density at radius 2 is 1.90 bits per heavy atom. The zero-order chi connectivity index (χ0) is 15.1. The largest absolute Gasteiger partial charge is 0.399 e. The standard InChI is InChI=1S/C18H26N2O/c1-2-3-4-5-14-21-18(20)12-10-16(11-13-18)15-6-8-17(19)9-7-15/h6-12H,2-5,13-14,19-20H2,1H3. The lowest BCUT2D eigenvalue weighted by atomic mass is 9.95. The normalized spacial score (nSPS) is 21.3. The van der Waals surface area contributed by atoms with Gasteiger partial charge in [0.15, 0.2) is 0 Å². The van der Waals surface area contributed by atoms with E-state index in [1.807, 2.05) is 36.4 Å². The fraction of sp³-hybridized carbons (Fsp3) is 0.444. The second-order valence-corrected chi connectivity index (χ2v) is 5.68. The molecule has 3 nitrogen and oxygen atoms in total. The number of rotatable bonds is 7. The second kappa shape index (κ2) is 7.43. The number of hydrogen-bond acceptors (Lipinski definition) is 3. The number of ether oxygens (including phenoxy) is 1.